The first-order valence-corrected chi connectivity index (χ1v) is 23.8. The molecule has 8 heterocycles. The standard InChI is InChI=1S/C25H23N5O3S.C24H21N5O3S/c1-32-25(31)16-5-2-4-15(10-16)22-28-23(21-24(29-22)34-14-26-21)27-17-6-3-7-18(11-17)30-12-19-8-9-20(13-30)33-19;30-24(31)15-4-1-3-14(9-15)21-27-22(20-23(28-21)33-13-25-20)26-16-5-2-6-17(10-16)29-11-18-7-8-19(12-29)32-18/h2-7,10-11,14,19-20H,8-9,12-13H2,1H3,(H,27,28,29);1-6,9-10,13,18-19H,7-8,11-12H2,(H,30,31)(H,26,27,28)/t19-,20+;18-,19+. The highest BCUT2D eigenvalue weighted by Crippen LogP contribution is 2.35. The summed E-state index contributed by atoms with van der Waals surface area (Å²) in [7, 11) is 1.37. The normalized spacial score (nSPS) is 19.5. The molecule has 18 heteroatoms. The monoisotopic (exact) mass is 932 g/mol. The zero-order valence-corrected chi connectivity index (χ0v) is 37.9. The van der Waals surface area contributed by atoms with Gasteiger partial charge >= 0.3 is 11.9 Å². The maximum atomic E-state index is 12.0. The van der Waals surface area contributed by atoms with E-state index in [4.69, 9.17) is 24.2 Å². The Kier molecular flexibility index (Phi) is 11.6. The predicted octanol–water partition coefficient (Wildman–Crippen LogP) is 9.21. The van der Waals surface area contributed by atoms with Gasteiger partial charge in [0.05, 0.1) is 53.7 Å². The highest BCUT2D eigenvalue weighted by Gasteiger charge is 2.35. The van der Waals surface area contributed by atoms with E-state index >= 15 is 0 Å². The fraction of sp³-hybridized carbons (Fsp3) is 0.265. The number of fused-ring (bicyclic) bond motifs is 6. The minimum absolute atomic E-state index is 0.196. The minimum Gasteiger partial charge on any atom is -0.478 e. The molecule has 0 amide bonds. The fourth-order valence-electron chi connectivity index (χ4n) is 9.14. The van der Waals surface area contributed by atoms with Crippen molar-refractivity contribution < 1.29 is 28.9 Å². The number of anilines is 6. The van der Waals surface area contributed by atoms with Crippen LogP contribution in [0, 0.1) is 0 Å². The van der Waals surface area contributed by atoms with Crippen LogP contribution in [-0.4, -0.2) is 105 Å². The first kappa shape index (κ1) is 42.5. The van der Waals surface area contributed by atoms with Gasteiger partial charge in [-0.2, -0.15) is 0 Å². The van der Waals surface area contributed by atoms with E-state index in [1.54, 1.807) is 47.4 Å². The molecule has 0 saturated carbocycles. The second-order valence-corrected chi connectivity index (χ2v) is 18.5. The third-order valence-electron chi connectivity index (χ3n) is 12.3. The molecule has 4 aromatic carbocycles. The van der Waals surface area contributed by atoms with E-state index in [-0.39, 0.29) is 5.56 Å². The zero-order chi connectivity index (χ0) is 45.4. The van der Waals surface area contributed by atoms with Gasteiger partial charge in [0.25, 0.3) is 0 Å². The highest BCUT2D eigenvalue weighted by atomic mass is 32.1. The Labute approximate surface area is 392 Å². The van der Waals surface area contributed by atoms with Crippen LogP contribution >= 0.6 is 22.7 Å². The minimum atomic E-state index is -0.984. The average molecular weight is 933 g/mol. The van der Waals surface area contributed by atoms with Crippen LogP contribution in [0.4, 0.5) is 34.4 Å². The summed E-state index contributed by atoms with van der Waals surface area (Å²) in [4.78, 5) is 57.4. The van der Waals surface area contributed by atoms with E-state index in [1.165, 1.54) is 35.5 Å². The Bertz CT molecular complexity index is 3120. The first-order chi connectivity index (χ1) is 32.8. The lowest BCUT2D eigenvalue weighted by Crippen LogP contribution is -2.42. The molecular formula is C49H44N10O6S2. The quantitative estimate of drug-likeness (QED) is 0.110. The van der Waals surface area contributed by atoms with Crippen LogP contribution in [-0.2, 0) is 14.2 Å². The summed E-state index contributed by atoms with van der Waals surface area (Å²) >= 11 is 2.88. The SMILES string of the molecule is COC(=O)c1cccc(-c2nc(Nc3cccc(N4C[C@H]5CC[C@@H](C4)O5)c3)c3ncsc3n2)c1.O=C(O)c1cccc(-c2nc(Nc3cccc(N4C[C@H]5CC[C@@H](C4)O5)c3)c3ncsc3n2)c1. The Hall–Kier alpha value is -7.12. The summed E-state index contributed by atoms with van der Waals surface area (Å²) in [5, 5.41) is 16.2. The van der Waals surface area contributed by atoms with E-state index in [1.807, 2.05) is 30.3 Å². The highest BCUT2D eigenvalue weighted by molar-refractivity contribution is 7.16. The Balaban J connectivity index is 0.000000148. The smallest absolute Gasteiger partial charge is 0.337 e. The maximum Gasteiger partial charge on any atom is 0.337 e. The van der Waals surface area contributed by atoms with Crippen LogP contribution in [0.2, 0.25) is 0 Å². The summed E-state index contributed by atoms with van der Waals surface area (Å²) in [6.45, 7) is 3.66. The van der Waals surface area contributed by atoms with E-state index in [2.05, 4.69) is 70.7 Å². The van der Waals surface area contributed by atoms with Gasteiger partial charge in [0.2, 0.25) is 0 Å². The third-order valence-corrected chi connectivity index (χ3v) is 13.8. The molecule has 67 heavy (non-hydrogen) atoms. The Morgan fingerprint density at radius 3 is 1.52 bits per heavy atom. The molecule has 4 aliphatic rings. The lowest BCUT2D eigenvalue weighted by Gasteiger charge is -2.34. The van der Waals surface area contributed by atoms with Gasteiger partial charge in [-0.05, 0) is 86.3 Å². The number of ether oxygens (including phenoxy) is 3. The molecular weight excluding hydrogens is 889 g/mol. The Morgan fingerprint density at radius 2 is 1.06 bits per heavy atom. The molecule has 4 fully saturated rings. The fourth-order valence-corrected chi connectivity index (χ4v) is 10.5. The average Bonchev–Trinajstić information content (AvgIpc) is 4.19. The molecule has 3 N–H and O–H groups in total. The van der Waals surface area contributed by atoms with Crippen molar-refractivity contribution in [3.05, 3.63) is 119 Å². The number of morpholine rings is 2. The number of hydrogen-bond donors (Lipinski definition) is 3. The molecule has 0 aliphatic carbocycles. The summed E-state index contributed by atoms with van der Waals surface area (Å²) in [6.07, 6.45) is 5.85. The number of hydrogen-bond acceptors (Lipinski definition) is 17. The van der Waals surface area contributed by atoms with Crippen molar-refractivity contribution in [2.75, 3.05) is 53.7 Å². The number of carbonyl (C=O) groups is 2. The summed E-state index contributed by atoms with van der Waals surface area (Å²) in [5.41, 5.74) is 11.1. The van der Waals surface area contributed by atoms with E-state index in [0.717, 1.165) is 84.1 Å². The van der Waals surface area contributed by atoms with Gasteiger partial charge in [0, 0.05) is 60.1 Å². The van der Waals surface area contributed by atoms with Crippen LogP contribution < -0.4 is 20.4 Å². The van der Waals surface area contributed by atoms with Gasteiger partial charge in [-0.3, -0.25) is 0 Å². The number of carbonyl (C=O) groups excluding carboxylic acids is 1. The number of rotatable bonds is 10. The molecule has 338 valence electrons. The molecule has 0 unspecified atom stereocenters. The Morgan fingerprint density at radius 1 is 0.612 bits per heavy atom. The van der Waals surface area contributed by atoms with Crippen molar-refractivity contribution in [3.63, 3.8) is 0 Å². The number of nitrogens with zero attached hydrogens (tertiary/aromatic N) is 8. The largest absolute Gasteiger partial charge is 0.478 e. The van der Waals surface area contributed by atoms with Crippen molar-refractivity contribution in [2.24, 2.45) is 0 Å². The van der Waals surface area contributed by atoms with Crippen LogP contribution in [0.5, 0.6) is 0 Å². The second-order valence-electron chi connectivity index (χ2n) is 16.8. The number of thiazole rings is 2. The molecule has 4 bridgehead atoms. The topological polar surface area (TPSA) is 190 Å². The van der Waals surface area contributed by atoms with Gasteiger partial charge < -0.3 is 39.8 Å². The van der Waals surface area contributed by atoms with Crippen molar-refractivity contribution >= 4 is 89.7 Å². The molecule has 8 aromatic rings. The van der Waals surface area contributed by atoms with Crippen LogP contribution in [0.3, 0.4) is 0 Å². The first-order valence-electron chi connectivity index (χ1n) is 22.1. The predicted molar refractivity (Wildman–Crippen MR) is 259 cm³/mol. The molecule has 12 rings (SSSR count). The van der Waals surface area contributed by atoms with Crippen molar-refractivity contribution in [2.45, 2.75) is 50.1 Å². The molecule has 4 aromatic heterocycles. The van der Waals surface area contributed by atoms with Gasteiger partial charge in [0.15, 0.2) is 23.3 Å². The lowest BCUT2D eigenvalue weighted by atomic mass is 10.1. The van der Waals surface area contributed by atoms with Crippen molar-refractivity contribution in [3.8, 4) is 22.8 Å². The molecule has 16 nitrogen and oxygen atoms in total. The number of benzene rings is 4. The molecule has 0 spiro atoms. The van der Waals surface area contributed by atoms with Gasteiger partial charge in [-0.25, -0.2) is 39.5 Å². The zero-order valence-electron chi connectivity index (χ0n) is 36.2. The maximum absolute atomic E-state index is 12.0. The van der Waals surface area contributed by atoms with Crippen LogP contribution in [0.15, 0.2) is 108 Å². The summed E-state index contributed by atoms with van der Waals surface area (Å²) < 4.78 is 16.8. The molecule has 0 radical (unpaired) electrons. The van der Waals surface area contributed by atoms with Gasteiger partial charge in [0.1, 0.15) is 20.7 Å². The third kappa shape index (κ3) is 9.08. The number of aromatic nitrogens is 6. The van der Waals surface area contributed by atoms with Crippen molar-refractivity contribution in [1.29, 1.82) is 0 Å². The molecule has 4 saturated heterocycles. The van der Waals surface area contributed by atoms with Gasteiger partial charge in [-0.15, -0.1) is 22.7 Å². The second kappa shape index (κ2) is 18.3. The number of aromatic carboxylic acids is 1. The summed E-state index contributed by atoms with van der Waals surface area (Å²) in [5.74, 6) is 0.819. The number of methoxy groups -OCH3 is 1. The molecule has 4 atom stereocenters. The van der Waals surface area contributed by atoms with E-state index in [0.29, 0.717) is 69.9 Å². The van der Waals surface area contributed by atoms with Gasteiger partial charge in [-0.1, -0.05) is 36.4 Å². The molecule has 4 aliphatic heterocycles. The number of nitrogens with one attached hydrogen (secondary N) is 2. The van der Waals surface area contributed by atoms with E-state index in [9.17, 15) is 14.7 Å². The number of carboxylic acids is 1. The number of carboxylic acid groups (broad SMARTS) is 1. The lowest BCUT2D eigenvalue weighted by molar-refractivity contribution is 0.0303. The van der Waals surface area contributed by atoms with Crippen molar-refractivity contribution in [1.82, 2.24) is 29.9 Å². The number of esters is 1. The van der Waals surface area contributed by atoms with Crippen LogP contribution in [0.1, 0.15) is 46.4 Å². The van der Waals surface area contributed by atoms with Crippen LogP contribution in [0.25, 0.3) is 43.5 Å². The van der Waals surface area contributed by atoms with E-state index < -0.39 is 11.9 Å². The summed E-state index contributed by atoms with van der Waals surface area (Å²) in [6, 6.07) is 30.4.